The van der Waals surface area contributed by atoms with E-state index in [0.29, 0.717) is 5.56 Å². The molecule has 1 amide bonds. The summed E-state index contributed by atoms with van der Waals surface area (Å²) in [5.74, 6) is -0.641. The summed E-state index contributed by atoms with van der Waals surface area (Å²) in [7, 11) is 0. The zero-order valence-electron chi connectivity index (χ0n) is 9.34. The van der Waals surface area contributed by atoms with Gasteiger partial charge in [0.25, 0.3) is 0 Å². The lowest BCUT2D eigenvalue weighted by molar-refractivity contribution is -0.138. The summed E-state index contributed by atoms with van der Waals surface area (Å²) in [6, 6.07) is 7.17. The third kappa shape index (κ3) is 3.26. The number of fused-ring (bicyclic) bond motifs is 1. The second-order valence-electron chi connectivity index (χ2n) is 3.97. The number of carbonyl (C=O) groups excluding carboxylic acids is 1. The Morgan fingerprint density at radius 1 is 1.28 bits per heavy atom. The maximum atomic E-state index is 11.9. The van der Waals surface area contributed by atoms with Crippen LogP contribution in [0.3, 0.4) is 0 Å². The highest BCUT2D eigenvalue weighted by Crippen LogP contribution is 2.15. The van der Waals surface area contributed by atoms with Crippen molar-refractivity contribution in [2.24, 2.45) is 0 Å². The number of aromatic amines is 1. The van der Waals surface area contributed by atoms with E-state index in [9.17, 15) is 18.0 Å². The molecule has 0 aliphatic carbocycles. The van der Waals surface area contributed by atoms with Crippen LogP contribution < -0.4 is 5.32 Å². The number of carbonyl (C=O) groups is 1. The van der Waals surface area contributed by atoms with Crippen LogP contribution in [0, 0.1) is 0 Å². The van der Waals surface area contributed by atoms with Crippen molar-refractivity contribution >= 4 is 16.8 Å². The molecule has 0 radical (unpaired) electrons. The first-order chi connectivity index (χ1) is 8.44. The fourth-order valence-electron chi connectivity index (χ4n) is 1.65. The Kier molecular flexibility index (Phi) is 3.27. The summed E-state index contributed by atoms with van der Waals surface area (Å²) in [5, 5.41) is 2.83. The molecule has 0 unspecified atom stereocenters. The molecule has 1 aromatic heterocycles. The van der Waals surface area contributed by atoms with Gasteiger partial charge in [-0.15, -0.1) is 0 Å². The minimum Gasteiger partial charge on any atom is -0.361 e. The molecule has 96 valence electrons. The standard InChI is InChI=1S/C12H11F3N2O/c13-12(14,15)7-17-11(18)6-8-1-2-9-3-4-16-10(9)5-8/h1-5,16H,6-7H2,(H,17,18). The third-order valence-corrected chi connectivity index (χ3v) is 2.47. The Balaban J connectivity index is 1.98. The normalized spacial score (nSPS) is 11.7. The number of H-pyrrole nitrogens is 1. The van der Waals surface area contributed by atoms with E-state index in [1.165, 1.54) is 0 Å². The molecule has 3 nitrogen and oxygen atoms in total. The Morgan fingerprint density at radius 2 is 2.06 bits per heavy atom. The molecule has 18 heavy (non-hydrogen) atoms. The van der Waals surface area contributed by atoms with Gasteiger partial charge in [-0.3, -0.25) is 4.79 Å². The van der Waals surface area contributed by atoms with Crippen LogP contribution in [0.15, 0.2) is 30.5 Å². The van der Waals surface area contributed by atoms with Gasteiger partial charge >= 0.3 is 6.18 Å². The van der Waals surface area contributed by atoms with Gasteiger partial charge in [0, 0.05) is 11.7 Å². The van der Waals surface area contributed by atoms with Crippen LogP contribution in [0.5, 0.6) is 0 Å². The number of rotatable bonds is 3. The molecule has 0 fully saturated rings. The van der Waals surface area contributed by atoms with Gasteiger partial charge in [-0.25, -0.2) is 0 Å². The maximum absolute atomic E-state index is 11.9. The molecule has 0 atom stereocenters. The highest BCUT2D eigenvalue weighted by Gasteiger charge is 2.27. The third-order valence-electron chi connectivity index (χ3n) is 2.47. The van der Waals surface area contributed by atoms with Crippen LogP contribution >= 0.6 is 0 Å². The van der Waals surface area contributed by atoms with Gasteiger partial charge in [-0.2, -0.15) is 13.2 Å². The monoisotopic (exact) mass is 256 g/mol. The molecule has 0 saturated heterocycles. The average Bonchev–Trinajstić information content (AvgIpc) is 2.72. The number of nitrogens with one attached hydrogen (secondary N) is 2. The Hall–Kier alpha value is -1.98. The van der Waals surface area contributed by atoms with E-state index in [2.05, 4.69) is 4.98 Å². The molecule has 0 aliphatic heterocycles. The lowest BCUT2D eigenvalue weighted by Gasteiger charge is -2.08. The largest absolute Gasteiger partial charge is 0.405 e. The van der Waals surface area contributed by atoms with Crippen molar-refractivity contribution < 1.29 is 18.0 Å². The van der Waals surface area contributed by atoms with Crippen LogP contribution in [0.4, 0.5) is 13.2 Å². The van der Waals surface area contributed by atoms with Gasteiger partial charge in [0.05, 0.1) is 6.42 Å². The first-order valence-corrected chi connectivity index (χ1v) is 5.33. The summed E-state index contributed by atoms with van der Waals surface area (Å²) < 4.78 is 35.7. The zero-order valence-corrected chi connectivity index (χ0v) is 9.34. The molecular formula is C12H11F3N2O. The van der Waals surface area contributed by atoms with Gasteiger partial charge in [0.1, 0.15) is 6.54 Å². The fraction of sp³-hybridized carbons (Fsp3) is 0.250. The molecule has 6 heteroatoms. The number of amides is 1. The molecule has 0 spiro atoms. The molecular weight excluding hydrogens is 245 g/mol. The predicted octanol–water partition coefficient (Wildman–Crippen LogP) is 2.39. The lowest BCUT2D eigenvalue weighted by atomic mass is 10.1. The van der Waals surface area contributed by atoms with E-state index in [1.54, 1.807) is 18.3 Å². The van der Waals surface area contributed by atoms with Crippen LogP contribution in [0.1, 0.15) is 5.56 Å². The molecule has 0 saturated carbocycles. The van der Waals surface area contributed by atoms with Crippen molar-refractivity contribution in [3.8, 4) is 0 Å². The highest BCUT2D eigenvalue weighted by atomic mass is 19.4. The number of alkyl halides is 3. The second kappa shape index (κ2) is 4.72. The summed E-state index contributed by atoms with van der Waals surface area (Å²) in [6.45, 7) is -1.30. The molecule has 0 aliphatic rings. The van der Waals surface area contributed by atoms with Crippen LogP contribution in [0.2, 0.25) is 0 Å². The fourth-order valence-corrected chi connectivity index (χ4v) is 1.65. The summed E-state index contributed by atoms with van der Waals surface area (Å²) in [6.07, 6.45) is -2.68. The van der Waals surface area contributed by atoms with Crippen molar-refractivity contribution in [1.29, 1.82) is 0 Å². The molecule has 2 rings (SSSR count). The van der Waals surface area contributed by atoms with Gasteiger partial charge in [-0.1, -0.05) is 12.1 Å². The number of hydrogen-bond donors (Lipinski definition) is 2. The van der Waals surface area contributed by atoms with E-state index >= 15 is 0 Å². The number of benzene rings is 1. The van der Waals surface area contributed by atoms with Gasteiger partial charge in [0.2, 0.25) is 5.91 Å². The first kappa shape index (κ1) is 12.5. The molecule has 1 aromatic carbocycles. The predicted molar refractivity (Wildman–Crippen MR) is 61.1 cm³/mol. The number of aromatic nitrogens is 1. The van der Waals surface area contributed by atoms with Crippen molar-refractivity contribution in [2.45, 2.75) is 12.6 Å². The van der Waals surface area contributed by atoms with E-state index in [-0.39, 0.29) is 6.42 Å². The molecule has 1 heterocycles. The second-order valence-corrected chi connectivity index (χ2v) is 3.97. The summed E-state index contributed by atoms with van der Waals surface area (Å²) in [4.78, 5) is 14.3. The van der Waals surface area contributed by atoms with E-state index < -0.39 is 18.6 Å². The number of halogens is 3. The average molecular weight is 256 g/mol. The Bertz CT molecular complexity index is 560. The Labute approximate surface area is 101 Å². The van der Waals surface area contributed by atoms with E-state index in [4.69, 9.17) is 0 Å². The van der Waals surface area contributed by atoms with Crippen LogP contribution in [0.25, 0.3) is 10.9 Å². The lowest BCUT2D eigenvalue weighted by Crippen LogP contribution is -2.34. The van der Waals surface area contributed by atoms with Crippen molar-refractivity contribution in [2.75, 3.05) is 6.54 Å². The van der Waals surface area contributed by atoms with Gasteiger partial charge in [0.15, 0.2) is 0 Å². The first-order valence-electron chi connectivity index (χ1n) is 5.33. The van der Waals surface area contributed by atoms with Gasteiger partial charge in [-0.05, 0) is 23.1 Å². The minimum atomic E-state index is -4.38. The maximum Gasteiger partial charge on any atom is 0.405 e. The van der Waals surface area contributed by atoms with Crippen LogP contribution in [-0.2, 0) is 11.2 Å². The van der Waals surface area contributed by atoms with E-state index in [0.717, 1.165) is 10.9 Å². The van der Waals surface area contributed by atoms with Gasteiger partial charge < -0.3 is 10.3 Å². The zero-order chi connectivity index (χ0) is 13.2. The van der Waals surface area contributed by atoms with Crippen molar-refractivity contribution in [3.63, 3.8) is 0 Å². The number of hydrogen-bond acceptors (Lipinski definition) is 1. The van der Waals surface area contributed by atoms with Crippen molar-refractivity contribution in [1.82, 2.24) is 10.3 Å². The Morgan fingerprint density at radius 3 is 2.78 bits per heavy atom. The molecule has 2 N–H and O–H groups in total. The van der Waals surface area contributed by atoms with Crippen LogP contribution in [-0.4, -0.2) is 23.6 Å². The smallest absolute Gasteiger partial charge is 0.361 e. The summed E-state index contributed by atoms with van der Waals surface area (Å²) >= 11 is 0. The topological polar surface area (TPSA) is 44.9 Å². The SMILES string of the molecule is O=C(Cc1ccc2cc[nH]c2c1)NCC(F)(F)F. The molecule has 2 aromatic rings. The van der Waals surface area contributed by atoms with Crippen molar-refractivity contribution in [3.05, 3.63) is 36.0 Å². The summed E-state index contributed by atoms with van der Waals surface area (Å²) in [5.41, 5.74) is 1.53. The minimum absolute atomic E-state index is 0.0644. The highest BCUT2D eigenvalue weighted by molar-refractivity contribution is 5.83. The quantitative estimate of drug-likeness (QED) is 0.870. The molecule has 0 bridgehead atoms. The van der Waals surface area contributed by atoms with E-state index in [1.807, 2.05) is 17.4 Å².